The van der Waals surface area contributed by atoms with Gasteiger partial charge in [-0.25, -0.2) is 8.42 Å². The number of hydrogen-bond acceptors (Lipinski definition) is 4. The Kier molecular flexibility index (Phi) is 5.64. The lowest BCUT2D eigenvalue weighted by atomic mass is 9.74. The van der Waals surface area contributed by atoms with Crippen molar-refractivity contribution in [3.8, 4) is 0 Å². The van der Waals surface area contributed by atoms with Crippen LogP contribution < -0.4 is 5.32 Å². The van der Waals surface area contributed by atoms with Gasteiger partial charge >= 0.3 is 5.97 Å². The summed E-state index contributed by atoms with van der Waals surface area (Å²) in [6, 6.07) is 6.36. The maximum absolute atomic E-state index is 12.2. The molecule has 0 aromatic heterocycles. The first-order chi connectivity index (χ1) is 11.2. The first-order valence-electron chi connectivity index (χ1n) is 8.03. The highest BCUT2D eigenvalue weighted by Crippen LogP contribution is 2.36. The van der Waals surface area contributed by atoms with Crippen LogP contribution in [0.4, 0.5) is 0 Å². The van der Waals surface area contributed by atoms with Crippen LogP contribution in [-0.4, -0.2) is 38.2 Å². The molecule has 2 rings (SSSR count). The quantitative estimate of drug-likeness (QED) is 0.812. The van der Waals surface area contributed by atoms with Gasteiger partial charge in [-0.15, -0.1) is 0 Å². The third kappa shape index (κ3) is 4.35. The number of nitrogens with one attached hydrogen (secondary N) is 1. The zero-order valence-corrected chi connectivity index (χ0v) is 14.6. The minimum Gasteiger partial charge on any atom is -0.481 e. The maximum atomic E-state index is 12.2. The highest BCUT2D eigenvalue weighted by Gasteiger charge is 2.39. The Morgan fingerprint density at radius 3 is 2.38 bits per heavy atom. The van der Waals surface area contributed by atoms with Crippen molar-refractivity contribution in [1.82, 2.24) is 5.32 Å². The number of aliphatic carboxylic acids is 1. The minimum atomic E-state index is -3.41. The predicted octanol–water partition coefficient (Wildman–Crippen LogP) is 1.78. The van der Waals surface area contributed by atoms with E-state index in [1.54, 1.807) is 18.2 Å². The average Bonchev–Trinajstić information content (AvgIpc) is 2.53. The van der Waals surface area contributed by atoms with Gasteiger partial charge in [-0.2, -0.15) is 0 Å². The molecule has 2 N–H and O–H groups in total. The first kappa shape index (κ1) is 18.4. The van der Waals surface area contributed by atoms with Crippen LogP contribution in [0.25, 0.3) is 0 Å². The van der Waals surface area contributed by atoms with E-state index >= 15 is 0 Å². The number of carboxylic acid groups (broad SMARTS) is 1. The largest absolute Gasteiger partial charge is 0.481 e. The monoisotopic (exact) mass is 353 g/mol. The fraction of sp³-hybridized carbons (Fsp3) is 0.529. The van der Waals surface area contributed by atoms with E-state index in [1.807, 2.05) is 0 Å². The Balaban J connectivity index is 2.05. The van der Waals surface area contributed by atoms with Gasteiger partial charge in [0, 0.05) is 12.8 Å². The SMILES string of the molecule is CS(=O)(=O)c1ccccc1CC(=O)NCC1(C(=O)O)CCCCC1. The Labute approximate surface area is 142 Å². The predicted molar refractivity (Wildman–Crippen MR) is 89.4 cm³/mol. The number of rotatable bonds is 6. The summed E-state index contributed by atoms with van der Waals surface area (Å²) < 4.78 is 23.5. The number of amides is 1. The van der Waals surface area contributed by atoms with Gasteiger partial charge in [0.15, 0.2) is 9.84 Å². The van der Waals surface area contributed by atoms with Gasteiger partial charge in [-0.1, -0.05) is 37.5 Å². The van der Waals surface area contributed by atoms with Crippen LogP contribution in [0.15, 0.2) is 29.2 Å². The Morgan fingerprint density at radius 1 is 1.17 bits per heavy atom. The number of benzene rings is 1. The highest BCUT2D eigenvalue weighted by atomic mass is 32.2. The summed E-state index contributed by atoms with van der Waals surface area (Å²) in [5.74, 6) is -1.24. The van der Waals surface area contributed by atoms with Crippen LogP contribution in [0.2, 0.25) is 0 Å². The van der Waals surface area contributed by atoms with Gasteiger partial charge in [-0.05, 0) is 24.5 Å². The smallest absolute Gasteiger partial charge is 0.311 e. The number of carboxylic acids is 1. The maximum Gasteiger partial charge on any atom is 0.311 e. The molecular weight excluding hydrogens is 330 g/mol. The van der Waals surface area contributed by atoms with Crippen LogP contribution in [0.5, 0.6) is 0 Å². The second kappa shape index (κ2) is 7.34. The molecule has 1 fully saturated rings. The van der Waals surface area contributed by atoms with E-state index in [9.17, 15) is 23.1 Å². The molecule has 0 radical (unpaired) electrons. The summed E-state index contributed by atoms with van der Waals surface area (Å²) in [5, 5.41) is 12.2. The molecule has 1 saturated carbocycles. The van der Waals surface area contributed by atoms with Crippen LogP contribution in [-0.2, 0) is 25.8 Å². The number of carbonyl (C=O) groups excluding carboxylic acids is 1. The van der Waals surface area contributed by atoms with E-state index in [0.717, 1.165) is 25.5 Å². The summed E-state index contributed by atoms with van der Waals surface area (Å²) >= 11 is 0. The summed E-state index contributed by atoms with van der Waals surface area (Å²) in [6.45, 7) is 0.0855. The van der Waals surface area contributed by atoms with E-state index in [-0.39, 0.29) is 23.8 Å². The lowest BCUT2D eigenvalue weighted by molar-refractivity contribution is -0.151. The third-order valence-electron chi connectivity index (χ3n) is 4.61. The Hall–Kier alpha value is -1.89. The molecule has 132 valence electrons. The Bertz CT molecular complexity index is 720. The van der Waals surface area contributed by atoms with E-state index < -0.39 is 21.2 Å². The summed E-state index contributed by atoms with van der Waals surface area (Å²) in [4.78, 5) is 23.9. The zero-order valence-electron chi connectivity index (χ0n) is 13.7. The second-order valence-corrected chi connectivity index (χ2v) is 8.46. The summed E-state index contributed by atoms with van der Waals surface area (Å²) in [5.41, 5.74) is -0.477. The highest BCUT2D eigenvalue weighted by molar-refractivity contribution is 7.90. The van der Waals surface area contributed by atoms with Gasteiger partial charge in [0.2, 0.25) is 5.91 Å². The number of carbonyl (C=O) groups is 2. The van der Waals surface area contributed by atoms with Crippen LogP contribution >= 0.6 is 0 Å². The van der Waals surface area contributed by atoms with Crippen molar-refractivity contribution < 1.29 is 23.1 Å². The average molecular weight is 353 g/mol. The topological polar surface area (TPSA) is 101 Å². The van der Waals surface area contributed by atoms with E-state index in [0.29, 0.717) is 18.4 Å². The molecule has 0 atom stereocenters. The molecule has 0 unspecified atom stereocenters. The molecule has 7 heteroatoms. The van der Waals surface area contributed by atoms with E-state index in [2.05, 4.69) is 5.32 Å². The second-order valence-electron chi connectivity index (χ2n) is 6.48. The molecule has 1 amide bonds. The van der Waals surface area contributed by atoms with Gasteiger partial charge in [0.1, 0.15) is 0 Å². The number of hydrogen-bond donors (Lipinski definition) is 2. The summed E-state index contributed by atoms with van der Waals surface area (Å²) in [7, 11) is -3.41. The molecule has 0 heterocycles. The van der Waals surface area contributed by atoms with Crippen molar-refractivity contribution in [2.24, 2.45) is 5.41 Å². The van der Waals surface area contributed by atoms with Crippen LogP contribution in [0.3, 0.4) is 0 Å². The van der Waals surface area contributed by atoms with Gasteiger partial charge in [-0.3, -0.25) is 9.59 Å². The fourth-order valence-corrected chi connectivity index (χ4v) is 4.15. The molecule has 1 aliphatic carbocycles. The van der Waals surface area contributed by atoms with Crippen LogP contribution in [0, 0.1) is 5.41 Å². The van der Waals surface area contributed by atoms with Gasteiger partial charge < -0.3 is 10.4 Å². The molecule has 1 aliphatic rings. The number of sulfone groups is 1. The lowest BCUT2D eigenvalue weighted by Gasteiger charge is -2.33. The standard InChI is InChI=1S/C17H23NO5S/c1-24(22,23)14-8-4-3-7-13(14)11-15(19)18-12-17(16(20)21)9-5-2-6-10-17/h3-4,7-8H,2,5-6,9-12H2,1H3,(H,18,19)(H,20,21). The molecule has 24 heavy (non-hydrogen) atoms. The summed E-state index contributed by atoms with van der Waals surface area (Å²) in [6.07, 6.45) is 4.85. The molecular formula is C17H23NO5S. The zero-order chi connectivity index (χ0) is 17.8. The Morgan fingerprint density at radius 2 is 1.79 bits per heavy atom. The minimum absolute atomic E-state index is 0.0844. The molecule has 6 nitrogen and oxygen atoms in total. The molecule has 0 aliphatic heterocycles. The fourth-order valence-electron chi connectivity index (χ4n) is 3.21. The third-order valence-corrected chi connectivity index (χ3v) is 5.81. The lowest BCUT2D eigenvalue weighted by Crippen LogP contribution is -2.44. The van der Waals surface area contributed by atoms with Gasteiger partial charge in [0.05, 0.1) is 16.7 Å². The van der Waals surface area contributed by atoms with Crippen molar-refractivity contribution in [2.75, 3.05) is 12.8 Å². The van der Waals surface area contributed by atoms with Crippen molar-refractivity contribution in [3.63, 3.8) is 0 Å². The van der Waals surface area contributed by atoms with Gasteiger partial charge in [0.25, 0.3) is 0 Å². The van der Waals surface area contributed by atoms with Crippen molar-refractivity contribution >= 4 is 21.7 Å². The van der Waals surface area contributed by atoms with Crippen molar-refractivity contribution in [1.29, 1.82) is 0 Å². The molecule has 0 bridgehead atoms. The van der Waals surface area contributed by atoms with E-state index in [1.165, 1.54) is 6.07 Å². The molecule has 1 aromatic rings. The molecule has 0 spiro atoms. The van der Waals surface area contributed by atoms with Crippen molar-refractivity contribution in [2.45, 2.75) is 43.4 Å². The van der Waals surface area contributed by atoms with Crippen LogP contribution in [0.1, 0.15) is 37.7 Å². The molecule has 1 aromatic carbocycles. The van der Waals surface area contributed by atoms with E-state index in [4.69, 9.17) is 0 Å². The normalized spacial score (nSPS) is 17.2. The first-order valence-corrected chi connectivity index (χ1v) is 9.92. The van der Waals surface area contributed by atoms with Crippen molar-refractivity contribution in [3.05, 3.63) is 29.8 Å². The molecule has 0 saturated heterocycles.